The molecule has 8 heteroatoms. The van der Waals surface area contributed by atoms with Crippen molar-refractivity contribution in [2.75, 3.05) is 11.1 Å². The molecule has 2 aromatic rings. The highest BCUT2D eigenvalue weighted by molar-refractivity contribution is 8.23. The van der Waals surface area contributed by atoms with Gasteiger partial charge in [0.05, 0.1) is 18.2 Å². The molecule has 1 aromatic heterocycles. The van der Waals surface area contributed by atoms with Gasteiger partial charge in [-0.15, -0.1) is 0 Å². The second-order valence-electron chi connectivity index (χ2n) is 6.45. The second-order valence-corrected chi connectivity index (χ2v) is 8.10. The zero-order chi connectivity index (χ0) is 19.0. The second kappa shape index (κ2) is 9.40. The number of carbonyl (C=O) groups is 1. The number of hydrazone groups is 1. The third-order valence-corrected chi connectivity index (χ3v) is 4.51. The minimum atomic E-state index is -0.124. The van der Waals surface area contributed by atoms with Gasteiger partial charge in [-0.1, -0.05) is 56.9 Å². The lowest BCUT2D eigenvalue weighted by atomic mass is 9.87. The lowest BCUT2D eigenvalue weighted by Gasteiger charge is -2.19. The van der Waals surface area contributed by atoms with Crippen LogP contribution in [0.5, 0.6) is 0 Å². The van der Waals surface area contributed by atoms with Crippen molar-refractivity contribution in [1.82, 2.24) is 15.4 Å². The number of carbonyl (C=O) groups excluding carboxylic acids is 1. The lowest BCUT2D eigenvalue weighted by molar-refractivity contribution is -0.113. The van der Waals surface area contributed by atoms with Crippen LogP contribution in [0, 0.1) is 0 Å². The van der Waals surface area contributed by atoms with E-state index in [4.69, 9.17) is 12.2 Å². The number of amides is 1. The Morgan fingerprint density at radius 1 is 1.27 bits per heavy atom. The number of thioether (sulfide) groups is 1. The number of hydrogen-bond acceptors (Lipinski definition) is 6. The monoisotopic (exact) mass is 387 g/mol. The predicted molar refractivity (Wildman–Crippen MR) is 112 cm³/mol. The summed E-state index contributed by atoms with van der Waals surface area (Å²) < 4.78 is 0.406. The van der Waals surface area contributed by atoms with Crippen LogP contribution in [0.3, 0.4) is 0 Å². The van der Waals surface area contributed by atoms with Gasteiger partial charge in [0.1, 0.15) is 5.69 Å². The van der Waals surface area contributed by atoms with Gasteiger partial charge in [-0.3, -0.25) is 20.2 Å². The van der Waals surface area contributed by atoms with Crippen LogP contribution in [-0.2, 0) is 10.2 Å². The summed E-state index contributed by atoms with van der Waals surface area (Å²) in [7, 11) is 0. The Bertz CT molecular complexity index is 770. The number of rotatable bonds is 5. The maximum absolute atomic E-state index is 12.0. The van der Waals surface area contributed by atoms with Gasteiger partial charge in [-0.05, 0) is 23.1 Å². The Hall–Kier alpha value is -2.32. The van der Waals surface area contributed by atoms with Gasteiger partial charge in [-0.25, -0.2) is 0 Å². The topological polar surface area (TPSA) is 79.3 Å². The first kappa shape index (κ1) is 20.0. The van der Waals surface area contributed by atoms with Gasteiger partial charge in [0.15, 0.2) is 4.32 Å². The summed E-state index contributed by atoms with van der Waals surface area (Å²) >= 11 is 6.34. The van der Waals surface area contributed by atoms with Crippen LogP contribution in [0.4, 0.5) is 5.69 Å². The molecule has 1 aromatic carbocycles. The van der Waals surface area contributed by atoms with Crippen LogP contribution in [0.1, 0.15) is 32.0 Å². The molecule has 6 nitrogen and oxygen atoms in total. The molecule has 1 heterocycles. The predicted octanol–water partition coefficient (Wildman–Crippen LogP) is 3.35. The minimum absolute atomic E-state index is 0.0854. The highest BCUT2D eigenvalue weighted by Crippen LogP contribution is 2.23. The molecule has 0 unspecified atom stereocenters. The van der Waals surface area contributed by atoms with Crippen LogP contribution >= 0.6 is 24.0 Å². The number of hydrogen-bond donors (Lipinski definition) is 2. The van der Waals surface area contributed by atoms with Crippen molar-refractivity contribution in [1.29, 1.82) is 0 Å². The number of anilines is 1. The quantitative estimate of drug-likeness (QED) is 0.465. The standard InChI is InChI=1S/C18H21N5OS2/c1-18(2,3)13-4-6-14(7-5-13)22-16(24)12-26-17(25)23-21-11-15-10-19-8-9-20-15/h4-11H,12H2,1-3H3,(H,22,24)(H,23,25)/b21-11+. The zero-order valence-electron chi connectivity index (χ0n) is 14.9. The van der Waals surface area contributed by atoms with E-state index in [1.54, 1.807) is 18.6 Å². The number of thiocarbonyl (C=S) groups is 1. The molecule has 26 heavy (non-hydrogen) atoms. The van der Waals surface area contributed by atoms with Gasteiger partial charge in [0, 0.05) is 18.1 Å². The van der Waals surface area contributed by atoms with E-state index in [2.05, 4.69) is 46.6 Å². The summed E-state index contributed by atoms with van der Waals surface area (Å²) in [6.45, 7) is 6.45. The minimum Gasteiger partial charge on any atom is -0.325 e. The smallest absolute Gasteiger partial charge is 0.234 e. The molecule has 2 rings (SSSR count). The van der Waals surface area contributed by atoms with Crippen LogP contribution in [0.15, 0.2) is 48.0 Å². The molecule has 1 amide bonds. The zero-order valence-corrected chi connectivity index (χ0v) is 16.5. The van der Waals surface area contributed by atoms with Gasteiger partial charge >= 0.3 is 0 Å². The molecule has 0 aliphatic carbocycles. The molecule has 0 bridgehead atoms. The molecule has 2 N–H and O–H groups in total. The molecule has 0 saturated heterocycles. The molecule has 136 valence electrons. The Balaban J connectivity index is 1.74. The van der Waals surface area contributed by atoms with E-state index in [-0.39, 0.29) is 17.1 Å². The van der Waals surface area contributed by atoms with Gasteiger partial charge in [-0.2, -0.15) is 5.10 Å². The first-order valence-corrected chi connectivity index (χ1v) is 9.36. The van der Waals surface area contributed by atoms with Gasteiger partial charge in [0.2, 0.25) is 5.91 Å². The Labute approximate surface area is 162 Å². The molecule has 0 aliphatic heterocycles. The maximum Gasteiger partial charge on any atom is 0.234 e. The summed E-state index contributed by atoms with van der Waals surface area (Å²) in [6, 6.07) is 7.86. The fourth-order valence-corrected chi connectivity index (χ4v) is 2.62. The third kappa shape index (κ3) is 6.89. The van der Waals surface area contributed by atoms with Crippen LogP contribution in [0.25, 0.3) is 0 Å². The highest BCUT2D eigenvalue weighted by atomic mass is 32.2. The average Bonchev–Trinajstić information content (AvgIpc) is 2.60. The van der Waals surface area contributed by atoms with Crippen molar-refractivity contribution in [3.8, 4) is 0 Å². The Kier molecular flexibility index (Phi) is 7.23. The van der Waals surface area contributed by atoms with Crippen molar-refractivity contribution in [2.24, 2.45) is 5.10 Å². The Morgan fingerprint density at radius 3 is 2.62 bits per heavy atom. The van der Waals surface area contributed by atoms with Crippen LogP contribution < -0.4 is 10.7 Å². The van der Waals surface area contributed by atoms with Gasteiger partial charge in [0.25, 0.3) is 0 Å². The van der Waals surface area contributed by atoms with E-state index < -0.39 is 0 Å². The summed E-state index contributed by atoms with van der Waals surface area (Å²) in [4.78, 5) is 20.0. The molecule has 0 aliphatic rings. The van der Waals surface area contributed by atoms with E-state index in [1.807, 2.05) is 24.3 Å². The molecular formula is C18H21N5OS2. The van der Waals surface area contributed by atoms with E-state index in [9.17, 15) is 4.79 Å². The first-order chi connectivity index (χ1) is 12.3. The number of benzene rings is 1. The maximum atomic E-state index is 12.0. The van der Waals surface area contributed by atoms with Crippen molar-refractivity contribution in [3.05, 3.63) is 54.1 Å². The molecule has 0 atom stereocenters. The highest BCUT2D eigenvalue weighted by Gasteiger charge is 2.13. The molecule has 0 saturated carbocycles. The Morgan fingerprint density at radius 2 is 2.00 bits per heavy atom. The molecule has 0 fully saturated rings. The lowest BCUT2D eigenvalue weighted by Crippen LogP contribution is -2.19. The fourth-order valence-electron chi connectivity index (χ4n) is 1.94. The van der Waals surface area contributed by atoms with Crippen LogP contribution in [-0.4, -0.2) is 32.2 Å². The van der Waals surface area contributed by atoms with E-state index >= 15 is 0 Å². The average molecular weight is 388 g/mol. The van der Waals surface area contributed by atoms with E-state index in [1.165, 1.54) is 23.5 Å². The number of aromatic nitrogens is 2. The summed E-state index contributed by atoms with van der Waals surface area (Å²) in [5, 5.41) is 6.82. The SMILES string of the molecule is CC(C)(C)c1ccc(NC(=O)CSC(=S)N/N=C/c2cnccn2)cc1. The normalized spacial score (nSPS) is 11.3. The third-order valence-electron chi connectivity index (χ3n) is 3.30. The number of nitrogens with zero attached hydrogens (tertiary/aromatic N) is 3. The van der Waals surface area contributed by atoms with Crippen molar-refractivity contribution < 1.29 is 4.79 Å². The van der Waals surface area contributed by atoms with Crippen molar-refractivity contribution in [3.63, 3.8) is 0 Å². The van der Waals surface area contributed by atoms with E-state index in [0.29, 0.717) is 10.0 Å². The van der Waals surface area contributed by atoms with Crippen molar-refractivity contribution in [2.45, 2.75) is 26.2 Å². The number of nitrogens with one attached hydrogen (secondary N) is 2. The fraction of sp³-hybridized carbons (Fsp3) is 0.278. The summed E-state index contributed by atoms with van der Waals surface area (Å²) in [5.41, 5.74) is 5.38. The summed E-state index contributed by atoms with van der Waals surface area (Å²) in [5.74, 6) is 0.0774. The molecular weight excluding hydrogens is 366 g/mol. The van der Waals surface area contributed by atoms with Crippen molar-refractivity contribution >= 4 is 46.1 Å². The summed E-state index contributed by atoms with van der Waals surface area (Å²) in [6.07, 6.45) is 6.25. The largest absolute Gasteiger partial charge is 0.325 e. The van der Waals surface area contributed by atoms with E-state index in [0.717, 1.165) is 5.69 Å². The molecule has 0 radical (unpaired) electrons. The first-order valence-electron chi connectivity index (χ1n) is 7.97. The van der Waals surface area contributed by atoms with Crippen LogP contribution in [0.2, 0.25) is 0 Å². The van der Waals surface area contributed by atoms with Gasteiger partial charge < -0.3 is 5.32 Å². The molecule has 0 spiro atoms.